The van der Waals surface area contributed by atoms with Crippen LogP contribution in [0.25, 0.3) is 0 Å². The van der Waals surface area contributed by atoms with Crippen molar-refractivity contribution in [1.29, 1.82) is 0 Å². The molecule has 138 valence electrons. The molecule has 1 aliphatic heterocycles. The molecule has 2 N–H and O–H groups in total. The van der Waals surface area contributed by atoms with Gasteiger partial charge in [-0.25, -0.2) is 14.8 Å². The molecule has 1 aromatic rings. The molecule has 1 aliphatic rings. The van der Waals surface area contributed by atoms with Crippen LogP contribution in [0.5, 0.6) is 0 Å². The molecule has 0 aliphatic carbocycles. The molecule has 8 nitrogen and oxygen atoms in total. The van der Waals surface area contributed by atoms with Crippen molar-refractivity contribution in [3.05, 3.63) is 18.5 Å². The van der Waals surface area contributed by atoms with Crippen LogP contribution in [0.1, 0.15) is 27.2 Å². The van der Waals surface area contributed by atoms with E-state index in [4.69, 9.17) is 0 Å². The number of hydrogen-bond acceptors (Lipinski definition) is 6. The second kappa shape index (κ2) is 9.31. The van der Waals surface area contributed by atoms with Gasteiger partial charge in [-0.1, -0.05) is 13.8 Å². The molecule has 0 saturated carbocycles. The molecule has 0 radical (unpaired) electrons. The number of nitrogens with one attached hydrogen (secondary N) is 2. The molecule has 0 aromatic carbocycles. The van der Waals surface area contributed by atoms with Crippen LogP contribution in [0.2, 0.25) is 0 Å². The highest BCUT2D eigenvalue weighted by Gasteiger charge is 2.25. The molecule has 1 aromatic heterocycles. The number of amides is 3. The van der Waals surface area contributed by atoms with Crippen LogP contribution in [0.4, 0.5) is 10.7 Å². The Morgan fingerprint density at radius 2 is 1.84 bits per heavy atom. The van der Waals surface area contributed by atoms with E-state index >= 15 is 0 Å². The van der Waals surface area contributed by atoms with Crippen LogP contribution < -0.4 is 15.5 Å². The molecule has 8 heteroatoms. The van der Waals surface area contributed by atoms with Crippen LogP contribution in [-0.2, 0) is 4.79 Å². The van der Waals surface area contributed by atoms with E-state index < -0.39 is 6.03 Å². The van der Waals surface area contributed by atoms with Crippen LogP contribution in [0, 0.1) is 5.92 Å². The van der Waals surface area contributed by atoms with E-state index in [0.717, 1.165) is 38.5 Å². The largest absolute Gasteiger partial charge is 0.339 e. The van der Waals surface area contributed by atoms with Crippen molar-refractivity contribution in [2.45, 2.75) is 33.2 Å². The molecule has 2 rings (SSSR count). The minimum Gasteiger partial charge on any atom is -0.339 e. The zero-order valence-electron chi connectivity index (χ0n) is 15.2. The number of nitrogens with zero attached hydrogens (tertiary/aromatic N) is 4. The summed E-state index contributed by atoms with van der Waals surface area (Å²) >= 11 is 0. The molecule has 1 saturated heterocycles. The summed E-state index contributed by atoms with van der Waals surface area (Å²) in [5, 5.41) is 5.12. The fourth-order valence-electron chi connectivity index (χ4n) is 2.70. The smallest absolute Gasteiger partial charge is 0.321 e. The van der Waals surface area contributed by atoms with E-state index in [-0.39, 0.29) is 11.9 Å². The number of urea groups is 1. The van der Waals surface area contributed by atoms with Gasteiger partial charge in [0.15, 0.2) is 0 Å². The lowest BCUT2D eigenvalue weighted by atomic mass is 10.2. The highest BCUT2D eigenvalue weighted by molar-refractivity contribution is 5.96. The first kappa shape index (κ1) is 19.1. The number of carbonyl (C=O) groups is 2. The van der Waals surface area contributed by atoms with Gasteiger partial charge in [0.1, 0.15) is 0 Å². The molecule has 0 bridgehead atoms. The Bertz CT molecular complexity index is 566. The van der Waals surface area contributed by atoms with Crippen LogP contribution in [-0.4, -0.2) is 65.6 Å². The first-order valence-electron chi connectivity index (χ1n) is 8.82. The summed E-state index contributed by atoms with van der Waals surface area (Å²) < 4.78 is 0. The van der Waals surface area contributed by atoms with E-state index in [0.29, 0.717) is 12.5 Å². The number of imide groups is 1. The number of anilines is 1. The van der Waals surface area contributed by atoms with Crippen LogP contribution >= 0.6 is 0 Å². The Balaban J connectivity index is 1.84. The zero-order chi connectivity index (χ0) is 18.2. The molecule has 1 fully saturated rings. The predicted octanol–water partition coefficient (Wildman–Crippen LogP) is 0.859. The Kier molecular flexibility index (Phi) is 7.12. The number of carbonyl (C=O) groups excluding carboxylic acids is 2. The van der Waals surface area contributed by atoms with Gasteiger partial charge in [-0.15, -0.1) is 0 Å². The summed E-state index contributed by atoms with van der Waals surface area (Å²) in [5.74, 6) is 0.787. The lowest BCUT2D eigenvalue weighted by Gasteiger charge is -2.26. The third-order valence-corrected chi connectivity index (χ3v) is 4.20. The van der Waals surface area contributed by atoms with Gasteiger partial charge >= 0.3 is 6.03 Å². The highest BCUT2D eigenvalue weighted by atomic mass is 16.2. The lowest BCUT2D eigenvalue weighted by molar-refractivity contribution is -0.124. The van der Waals surface area contributed by atoms with Crippen molar-refractivity contribution in [3.8, 4) is 0 Å². The number of hydrogen-bond donors (Lipinski definition) is 2. The van der Waals surface area contributed by atoms with Gasteiger partial charge in [-0.2, -0.15) is 0 Å². The van der Waals surface area contributed by atoms with Gasteiger partial charge in [0.05, 0.1) is 6.04 Å². The van der Waals surface area contributed by atoms with Gasteiger partial charge in [-0.3, -0.25) is 15.0 Å². The maximum Gasteiger partial charge on any atom is 0.321 e. The molecule has 0 spiro atoms. The average Bonchev–Trinajstić information content (AvgIpc) is 2.86. The van der Waals surface area contributed by atoms with Crippen molar-refractivity contribution < 1.29 is 9.59 Å². The van der Waals surface area contributed by atoms with E-state index in [9.17, 15) is 9.59 Å². The minimum atomic E-state index is -0.431. The first-order valence-corrected chi connectivity index (χ1v) is 8.82. The van der Waals surface area contributed by atoms with Crippen molar-refractivity contribution in [2.24, 2.45) is 5.92 Å². The van der Waals surface area contributed by atoms with E-state index in [2.05, 4.69) is 30.4 Å². The summed E-state index contributed by atoms with van der Waals surface area (Å²) in [7, 11) is 0. The molecule has 3 amide bonds. The normalized spacial score (nSPS) is 17.0. The van der Waals surface area contributed by atoms with E-state index in [1.165, 1.54) is 0 Å². The Labute approximate surface area is 149 Å². The SMILES string of the molecule is CC(C)CNC(=O)NC(=O)[C@H](C)N1CCCN(c2ncccn2)CC1. The third-order valence-electron chi connectivity index (χ3n) is 4.20. The Hall–Kier alpha value is -2.22. The summed E-state index contributed by atoms with van der Waals surface area (Å²) in [6.45, 7) is 9.51. The van der Waals surface area contributed by atoms with E-state index in [1.54, 1.807) is 18.5 Å². The molecule has 2 heterocycles. The first-order chi connectivity index (χ1) is 12.0. The van der Waals surface area contributed by atoms with Gasteiger partial charge in [-0.05, 0) is 25.3 Å². The van der Waals surface area contributed by atoms with E-state index in [1.807, 2.05) is 20.8 Å². The maximum absolute atomic E-state index is 12.3. The molecular formula is C17H28N6O2. The zero-order valence-corrected chi connectivity index (χ0v) is 15.2. The molecule has 1 atom stereocenters. The van der Waals surface area contributed by atoms with Crippen LogP contribution in [0.15, 0.2) is 18.5 Å². The fourth-order valence-corrected chi connectivity index (χ4v) is 2.70. The second-order valence-corrected chi connectivity index (χ2v) is 6.69. The number of aromatic nitrogens is 2. The monoisotopic (exact) mass is 348 g/mol. The van der Waals surface area contributed by atoms with Gasteiger partial charge in [0.2, 0.25) is 11.9 Å². The third kappa shape index (κ3) is 5.97. The van der Waals surface area contributed by atoms with Crippen molar-refractivity contribution in [3.63, 3.8) is 0 Å². The van der Waals surface area contributed by atoms with Crippen molar-refractivity contribution in [2.75, 3.05) is 37.6 Å². The van der Waals surface area contributed by atoms with Gasteiger partial charge in [0.25, 0.3) is 0 Å². The summed E-state index contributed by atoms with van der Waals surface area (Å²) in [4.78, 5) is 36.9. The topological polar surface area (TPSA) is 90.5 Å². The fraction of sp³-hybridized carbons (Fsp3) is 0.647. The molecular weight excluding hydrogens is 320 g/mol. The predicted molar refractivity (Wildman–Crippen MR) is 96.3 cm³/mol. The summed E-state index contributed by atoms with van der Waals surface area (Å²) in [5.41, 5.74) is 0. The average molecular weight is 348 g/mol. The summed E-state index contributed by atoms with van der Waals surface area (Å²) in [6.07, 6.45) is 4.38. The van der Waals surface area contributed by atoms with Crippen LogP contribution in [0.3, 0.4) is 0 Å². The molecule has 25 heavy (non-hydrogen) atoms. The summed E-state index contributed by atoms with van der Waals surface area (Å²) in [6, 6.07) is 1.01. The molecule has 0 unspecified atom stereocenters. The van der Waals surface area contributed by atoms with Crippen molar-refractivity contribution >= 4 is 17.9 Å². The quantitative estimate of drug-likeness (QED) is 0.820. The minimum absolute atomic E-state index is 0.273. The number of rotatable bonds is 5. The maximum atomic E-state index is 12.3. The van der Waals surface area contributed by atoms with Crippen molar-refractivity contribution in [1.82, 2.24) is 25.5 Å². The Morgan fingerprint density at radius 1 is 1.12 bits per heavy atom. The van der Waals surface area contributed by atoms with Gasteiger partial charge < -0.3 is 10.2 Å². The standard InChI is InChI=1S/C17H28N6O2/c1-13(2)12-20-17(25)21-15(24)14(3)22-8-5-9-23(11-10-22)16-18-6-4-7-19-16/h4,6-7,13-14H,5,8-12H2,1-3H3,(H2,20,21,24,25)/t14-/m0/s1. The second-order valence-electron chi connectivity index (χ2n) is 6.69. The lowest BCUT2D eigenvalue weighted by Crippen LogP contribution is -2.50. The highest BCUT2D eigenvalue weighted by Crippen LogP contribution is 2.12. The van der Waals surface area contributed by atoms with Gasteiger partial charge in [0, 0.05) is 45.1 Å². The Morgan fingerprint density at radius 3 is 2.52 bits per heavy atom.